The molecular formula is C17H26ClN3O2. The summed E-state index contributed by atoms with van der Waals surface area (Å²) >= 11 is 0. The predicted molar refractivity (Wildman–Crippen MR) is 93.3 cm³/mol. The molecule has 2 rings (SSSR count). The Kier molecular flexibility index (Phi) is 7.52. The zero-order chi connectivity index (χ0) is 16.1. The molecule has 0 heterocycles. The number of hydrogen-bond acceptors (Lipinski definition) is 3. The lowest BCUT2D eigenvalue weighted by Gasteiger charge is -2.19. The van der Waals surface area contributed by atoms with E-state index in [0.29, 0.717) is 12.5 Å². The van der Waals surface area contributed by atoms with Gasteiger partial charge in [0, 0.05) is 19.5 Å². The van der Waals surface area contributed by atoms with Gasteiger partial charge in [-0.3, -0.25) is 9.59 Å². The standard InChI is InChI=1S/C17H25N3O2.ClH/c1-11-3-5-14(6-4-11)16(20-12(2)21)9-17(22)19-10-15(18)13-7-8-13;/h3-6,13,15-16H,7-10,18H2,1-2H3,(H,19,22)(H,20,21);1H. The van der Waals surface area contributed by atoms with Gasteiger partial charge in [0.1, 0.15) is 0 Å². The van der Waals surface area contributed by atoms with Gasteiger partial charge in [0.15, 0.2) is 0 Å². The van der Waals surface area contributed by atoms with E-state index in [1.807, 2.05) is 31.2 Å². The second-order valence-corrected chi connectivity index (χ2v) is 6.17. The molecule has 0 aliphatic heterocycles. The Morgan fingerprint density at radius 3 is 2.39 bits per heavy atom. The second-order valence-electron chi connectivity index (χ2n) is 6.17. The van der Waals surface area contributed by atoms with Gasteiger partial charge < -0.3 is 16.4 Å². The molecule has 5 nitrogen and oxygen atoms in total. The van der Waals surface area contributed by atoms with Crippen LogP contribution in [-0.4, -0.2) is 24.4 Å². The SMILES string of the molecule is CC(=O)NC(CC(=O)NCC(N)C1CC1)c1ccc(C)cc1.Cl. The first-order chi connectivity index (χ1) is 10.5. The van der Waals surface area contributed by atoms with Gasteiger partial charge in [-0.25, -0.2) is 0 Å². The molecule has 1 aromatic carbocycles. The van der Waals surface area contributed by atoms with Crippen molar-refractivity contribution < 1.29 is 9.59 Å². The third kappa shape index (κ3) is 6.59. The summed E-state index contributed by atoms with van der Waals surface area (Å²) in [7, 11) is 0. The van der Waals surface area contributed by atoms with Crippen LogP contribution in [0.1, 0.15) is 43.4 Å². The molecule has 0 aromatic heterocycles. The van der Waals surface area contributed by atoms with Crippen LogP contribution in [0.25, 0.3) is 0 Å². The summed E-state index contributed by atoms with van der Waals surface area (Å²) in [5.41, 5.74) is 8.06. The van der Waals surface area contributed by atoms with Crippen LogP contribution in [0.15, 0.2) is 24.3 Å². The lowest BCUT2D eigenvalue weighted by atomic mass is 10.0. The fourth-order valence-electron chi connectivity index (χ4n) is 2.48. The molecule has 1 aromatic rings. The maximum absolute atomic E-state index is 12.1. The quantitative estimate of drug-likeness (QED) is 0.708. The molecule has 128 valence electrons. The maximum Gasteiger partial charge on any atom is 0.222 e. The van der Waals surface area contributed by atoms with E-state index in [2.05, 4.69) is 10.6 Å². The largest absolute Gasteiger partial charge is 0.354 e. The van der Waals surface area contributed by atoms with E-state index in [1.54, 1.807) is 0 Å². The fourth-order valence-corrected chi connectivity index (χ4v) is 2.48. The molecule has 0 bridgehead atoms. The number of nitrogens with two attached hydrogens (primary N) is 1. The van der Waals surface area contributed by atoms with Crippen LogP contribution in [0.2, 0.25) is 0 Å². The highest BCUT2D eigenvalue weighted by Crippen LogP contribution is 2.31. The number of aryl methyl sites for hydroxylation is 1. The monoisotopic (exact) mass is 339 g/mol. The Hall–Kier alpha value is -1.59. The van der Waals surface area contributed by atoms with Crippen LogP contribution in [0, 0.1) is 12.8 Å². The predicted octanol–water partition coefficient (Wildman–Crippen LogP) is 1.84. The number of carbonyl (C=O) groups is 2. The third-order valence-electron chi connectivity index (χ3n) is 4.01. The Morgan fingerprint density at radius 2 is 1.87 bits per heavy atom. The molecule has 4 N–H and O–H groups in total. The van der Waals surface area contributed by atoms with Crippen molar-refractivity contribution in [3.05, 3.63) is 35.4 Å². The summed E-state index contributed by atoms with van der Waals surface area (Å²) in [6.07, 6.45) is 2.55. The average Bonchev–Trinajstić information content (AvgIpc) is 3.29. The van der Waals surface area contributed by atoms with Crippen molar-refractivity contribution in [2.24, 2.45) is 11.7 Å². The van der Waals surface area contributed by atoms with E-state index >= 15 is 0 Å². The van der Waals surface area contributed by atoms with Crippen molar-refractivity contribution in [2.75, 3.05) is 6.54 Å². The molecule has 2 amide bonds. The highest BCUT2D eigenvalue weighted by atomic mass is 35.5. The van der Waals surface area contributed by atoms with Gasteiger partial charge in [-0.2, -0.15) is 0 Å². The van der Waals surface area contributed by atoms with Crippen molar-refractivity contribution >= 4 is 24.2 Å². The van der Waals surface area contributed by atoms with Crippen LogP contribution in [0.5, 0.6) is 0 Å². The van der Waals surface area contributed by atoms with Crippen molar-refractivity contribution in [1.82, 2.24) is 10.6 Å². The number of amides is 2. The van der Waals surface area contributed by atoms with Crippen LogP contribution in [-0.2, 0) is 9.59 Å². The van der Waals surface area contributed by atoms with Crippen molar-refractivity contribution in [2.45, 2.75) is 45.2 Å². The molecule has 6 heteroatoms. The zero-order valence-electron chi connectivity index (χ0n) is 13.7. The summed E-state index contributed by atoms with van der Waals surface area (Å²) in [4.78, 5) is 23.5. The first-order valence-corrected chi connectivity index (χ1v) is 7.81. The lowest BCUT2D eigenvalue weighted by Crippen LogP contribution is -2.40. The van der Waals surface area contributed by atoms with Crippen LogP contribution >= 0.6 is 12.4 Å². The minimum absolute atomic E-state index is 0. The van der Waals surface area contributed by atoms with Gasteiger partial charge in [-0.15, -0.1) is 12.4 Å². The van der Waals surface area contributed by atoms with Gasteiger partial charge in [0.25, 0.3) is 0 Å². The van der Waals surface area contributed by atoms with E-state index < -0.39 is 0 Å². The second kappa shape index (κ2) is 8.89. The Labute approximate surface area is 143 Å². The van der Waals surface area contributed by atoms with Gasteiger partial charge in [0.05, 0.1) is 12.5 Å². The number of carbonyl (C=O) groups excluding carboxylic acids is 2. The maximum atomic E-state index is 12.1. The van der Waals surface area contributed by atoms with E-state index in [-0.39, 0.29) is 42.7 Å². The topological polar surface area (TPSA) is 84.2 Å². The first kappa shape index (κ1) is 19.5. The van der Waals surface area contributed by atoms with Crippen molar-refractivity contribution in [3.8, 4) is 0 Å². The lowest BCUT2D eigenvalue weighted by molar-refractivity contribution is -0.122. The van der Waals surface area contributed by atoms with Gasteiger partial charge in [0.2, 0.25) is 11.8 Å². The normalized spacial score (nSPS) is 16.0. The molecule has 0 spiro atoms. The molecule has 0 saturated heterocycles. The first-order valence-electron chi connectivity index (χ1n) is 7.81. The van der Waals surface area contributed by atoms with Crippen LogP contribution < -0.4 is 16.4 Å². The molecular weight excluding hydrogens is 314 g/mol. The highest BCUT2D eigenvalue weighted by molar-refractivity contribution is 5.85. The Bertz CT molecular complexity index is 529. The summed E-state index contributed by atoms with van der Waals surface area (Å²) in [6.45, 7) is 3.97. The van der Waals surface area contributed by atoms with E-state index in [0.717, 1.165) is 24.0 Å². The zero-order valence-corrected chi connectivity index (χ0v) is 14.5. The van der Waals surface area contributed by atoms with E-state index in [1.165, 1.54) is 6.92 Å². The number of halogens is 1. The molecule has 2 atom stereocenters. The van der Waals surface area contributed by atoms with Gasteiger partial charge in [-0.1, -0.05) is 29.8 Å². The Balaban J connectivity index is 0.00000264. The van der Waals surface area contributed by atoms with Crippen molar-refractivity contribution in [3.63, 3.8) is 0 Å². The summed E-state index contributed by atoms with van der Waals surface area (Å²) in [6, 6.07) is 7.58. The number of hydrogen-bond donors (Lipinski definition) is 3. The molecule has 1 saturated carbocycles. The average molecular weight is 340 g/mol. The van der Waals surface area contributed by atoms with E-state index in [9.17, 15) is 9.59 Å². The molecule has 0 radical (unpaired) electrons. The molecule has 1 aliphatic carbocycles. The fraction of sp³-hybridized carbons (Fsp3) is 0.529. The summed E-state index contributed by atoms with van der Waals surface area (Å²) in [5, 5.41) is 5.71. The Morgan fingerprint density at radius 1 is 1.26 bits per heavy atom. The molecule has 23 heavy (non-hydrogen) atoms. The molecule has 1 aliphatic rings. The number of benzene rings is 1. The summed E-state index contributed by atoms with van der Waals surface area (Å²) < 4.78 is 0. The number of rotatable bonds is 7. The minimum Gasteiger partial charge on any atom is -0.354 e. The van der Waals surface area contributed by atoms with Gasteiger partial charge >= 0.3 is 0 Å². The minimum atomic E-state index is -0.310. The van der Waals surface area contributed by atoms with Crippen LogP contribution in [0.4, 0.5) is 0 Å². The van der Waals surface area contributed by atoms with Gasteiger partial charge in [-0.05, 0) is 31.2 Å². The number of nitrogens with one attached hydrogen (secondary N) is 2. The third-order valence-corrected chi connectivity index (χ3v) is 4.01. The smallest absolute Gasteiger partial charge is 0.222 e. The summed E-state index contributed by atoms with van der Waals surface area (Å²) in [5.74, 6) is 0.326. The molecule has 2 unspecified atom stereocenters. The van der Waals surface area contributed by atoms with Crippen LogP contribution in [0.3, 0.4) is 0 Å². The highest BCUT2D eigenvalue weighted by Gasteiger charge is 2.28. The molecule has 1 fully saturated rings. The van der Waals surface area contributed by atoms with E-state index in [4.69, 9.17) is 5.73 Å². The van der Waals surface area contributed by atoms with Crippen molar-refractivity contribution in [1.29, 1.82) is 0 Å².